The zero-order chi connectivity index (χ0) is 17.9. The molecule has 2 aromatic rings. The summed E-state index contributed by atoms with van der Waals surface area (Å²) in [5.41, 5.74) is 1.64. The first-order valence-electron chi connectivity index (χ1n) is 8.02. The number of aliphatic carboxylic acids is 2. The van der Waals surface area contributed by atoms with Crippen LogP contribution in [0.25, 0.3) is 0 Å². The van der Waals surface area contributed by atoms with E-state index in [9.17, 15) is 19.8 Å². The molecule has 0 aliphatic carbocycles. The van der Waals surface area contributed by atoms with Crippen molar-refractivity contribution in [2.75, 3.05) is 0 Å². The van der Waals surface area contributed by atoms with Crippen molar-refractivity contribution in [3.8, 4) is 0 Å². The van der Waals surface area contributed by atoms with Crippen LogP contribution in [-0.4, -0.2) is 11.9 Å². The summed E-state index contributed by atoms with van der Waals surface area (Å²) in [7, 11) is 0. The molecule has 0 fully saturated rings. The Morgan fingerprint density at radius 1 is 0.720 bits per heavy atom. The fraction of sp³-hybridized carbons (Fsp3) is 0.300. The zero-order valence-electron chi connectivity index (χ0n) is 14.7. The van der Waals surface area contributed by atoms with Crippen molar-refractivity contribution in [3.05, 3.63) is 71.8 Å². The van der Waals surface area contributed by atoms with Gasteiger partial charge in [0.15, 0.2) is 0 Å². The topological polar surface area (TPSA) is 80.3 Å². The molecule has 4 nitrogen and oxygen atoms in total. The molecule has 0 amide bonds. The molecule has 2 atom stereocenters. The number of hydrogen-bond acceptors (Lipinski definition) is 4. The first kappa shape index (κ1) is 23.3. The predicted octanol–water partition coefficient (Wildman–Crippen LogP) is 1.86. The molecule has 0 radical (unpaired) electrons. The van der Waals surface area contributed by atoms with Crippen LogP contribution in [0.2, 0.25) is 0 Å². The Labute approximate surface area is 169 Å². The second-order valence-electron chi connectivity index (χ2n) is 5.38. The summed E-state index contributed by atoms with van der Waals surface area (Å²) in [5, 5.41) is 21.2. The summed E-state index contributed by atoms with van der Waals surface area (Å²) >= 11 is 0. The molecular weight excluding hydrogens is 505 g/mol. The summed E-state index contributed by atoms with van der Waals surface area (Å²) in [6, 6.07) is 18.3. The smallest absolute Gasteiger partial charge is 0.549 e. The largest absolute Gasteiger partial charge is 2.00 e. The summed E-state index contributed by atoms with van der Waals surface area (Å²) in [5.74, 6) is -2.93. The van der Waals surface area contributed by atoms with Crippen LogP contribution in [0.4, 0.5) is 0 Å². The van der Waals surface area contributed by atoms with E-state index in [1.807, 2.05) is 74.5 Å². The summed E-state index contributed by atoms with van der Waals surface area (Å²) < 4.78 is 0. The molecule has 5 heteroatoms. The Morgan fingerprint density at radius 2 is 1.00 bits per heavy atom. The summed E-state index contributed by atoms with van der Waals surface area (Å²) in [6.07, 6.45) is 1.15. The first-order valence-corrected chi connectivity index (χ1v) is 8.02. The molecule has 0 saturated carbocycles. The first-order chi connectivity index (χ1) is 11.5. The van der Waals surface area contributed by atoms with Crippen molar-refractivity contribution in [1.82, 2.24) is 0 Å². The molecule has 2 aromatic carbocycles. The standard InChI is InChI=1S/2C10H12O2.Hg/c2*1-2-9(10(11)12)8-6-4-3-5-7-8;/h2*3-7,9H,2H2,1H3,(H,11,12);/q;;+2/p-2. The van der Waals surface area contributed by atoms with E-state index in [0.717, 1.165) is 11.1 Å². The van der Waals surface area contributed by atoms with Gasteiger partial charge in [-0.05, 0) is 24.0 Å². The van der Waals surface area contributed by atoms with Crippen LogP contribution < -0.4 is 10.2 Å². The average molecular weight is 527 g/mol. The van der Waals surface area contributed by atoms with Gasteiger partial charge in [0.2, 0.25) is 0 Å². The molecular formula is C20H22HgO4. The molecule has 0 aliphatic rings. The van der Waals surface area contributed by atoms with Gasteiger partial charge < -0.3 is 19.8 Å². The van der Waals surface area contributed by atoms with Gasteiger partial charge in [-0.2, -0.15) is 0 Å². The molecule has 2 rings (SSSR count). The van der Waals surface area contributed by atoms with E-state index in [1.165, 1.54) is 0 Å². The molecule has 0 N–H and O–H groups in total. The number of carbonyl (C=O) groups is 2. The molecule has 25 heavy (non-hydrogen) atoms. The van der Waals surface area contributed by atoms with Crippen molar-refractivity contribution >= 4 is 11.9 Å². The van der Waals surface area contributed by atoms with Crippen LogP contribution in [0, 0.1) is 0 Å². The molecule has 0 bridgehead atoms. The van der Waals surface area contributed by atoms with Crippen LogP contribution in [0.3, 0.4) is 0 Å². The van der Waals surface area contributed by atoms with Crippen LogP contribution in [0.15, 0.2) is 60.7 Å². The molecule has 0 aromatic heterocycles. The van der Waals surface area contributed by atoms with Crippen molar-refractivity contribution in [2.24, 2.45) is 0 Å². The van der Waals surface area contributed by atoms with Gasteiger partial charge in [-0.1, -0.05) is 74.5 Å². The second-order valence-corrected chi connectivity index (χ2v) is 5.38. The Kier molecular flexibility index (Phi) is 11.8. The van der Waals surface area contributed by atoms with E-state index < -0.39 is 23.8 Å². The molecule has 0 saturated heterocycles. The van der Waals surface area contributed by atoms with Gasteiger partial charge >= 0.3 is 27.7 Å². The number of carboxylic acids is 2. The van der Waals surface area contributed by atoms with Crippen molar-refractivity contribution in [2.45, 2.75) is 38.5 Å². The fourth-order valence-electron chi connectivity index (χ4n) is 2.45. The third-order valence-corrected chi connectivity index (χ3v) is 3.79. The number of carboxylic acid groups (broad SMARTS) is 2. The van der Waals surface area contributed by atoms with E-state index in [4.69, 9.17) is 0 Å². The van der Waals surface area contributed by atoms with E-state index in [-0.39, 0.29) is 27.7 Å². The quantitative estimate of drug-likeness (QED) is 0.538. The van der Waals surface area contributed by atoms with E-state index in [1.54, 1.807) is 0 Å². The summed E-state index contributed by atoms with van der Waals surface area (Å²) in [4.78, 5) is 21.2. The van der Waals surface area contributed by atoms with Gasteiger partial charge in [0.25, 0.3) is 0 Å². The second kappa shape index (κ2) is 12.6. The minimum atomic E-state index is -0.997. The van der Waals surface area contributed by atoms with Crippen LogP contribution >= 0.6 is 0 Å². The SMILES string of the molecule is CCC(C(=O)[O-])c1ccccc1.CCC(C(=O)[O-])c1ccccc1.[Hg+2]. The minimum absolute atomic E-state index is 0. The van der Waals surface area contributed by atoms with Crippen molar-refractivity contribution < 1.29 is 47.5 Å². The third-order valence-electron chi connectivity index (χ3n) is 3.79. The van der Waals surface area contributed by atoms with E-state index >= 15 is 0 Å². The Bertz CT molecular complexity index is 571. The molecule has 0 aliphatic heterocycles. The number of hydrogen-bond donors (Lipinski definition) is 0. The zero-order valence-corrected chi connectivity index (χ0v) is 20.2. The predicted molar refractivity (Wildman–Crippen MR) is 89.0 cm³/mol. The Balaban J connectivity index is 0.000000443. The van der Waals surface area contributed by atoms with Gasteiger partial charge in [0, 0.05) is 23.8 Å². The van der Waals surface area contributed by atoms with E-state index in [2.05, 4.69) is 0 Å². The number of rotatable bonds is 6. The van der Waals surface area contributed by atoms with Crippen LogP contribution in [0.1, 0.15) is 49.7 Å². The molecule has 2 unspecified atom stereocenters. The van der Waals surface area contributed by atoms with Gasteiger partial charge in [0.05, 0.1) is 0 Å². The number of carbonyl (C=O) groups excluding carboxylic acids is 2. The van der Waals surface area contributed by atoms with Crippen LogP contribution in [0.5, 0.6) is 0 Å². The Hall–Kier alpha value is -1.68. The fourth-order valence-corrected chi connectivity index (χ4v) is 2.45. The Morgan fingerprint density at radius 3 is 1.20 bits per heavy atom. The van der Waals surface area contributed by atoms with Crippen molar-refractivity contribution in [1.29, 1.82) is 0 Å². The molecule has 0 spiro atoms. The molecule has 128 valence electrons. The van der Waals surface area contributed by atoms with Gasteiger partial charge in [-0.25, -0.2) is 0 Å². The normalized spacial score (nSPS) is 11.9. The maximum absolute atomic E-state index is 10.6. The number of benzene rings is 2. The van der Waals surface area contributed by atoms with Gasteiger partial charge in [0.1, 0.15) is 0 Å². The third kappa shape index (κ3) is 7.82. The van der Waals surface area contributed by atoms with Gasteiger partial charge in [-0.15, -0.1) is 0 Å². The maximum Gasteiger partial charge on any atom is 2.00 e. The van der Waals surface area contributed by atoms with Crippen LogP contribution in [-0.2, 0) is 37.3 Å². The maximum atomic E-state index is 10.6. The summed E-state index contributed by atoms with van der Waals surface area (Å²) in [6.45, 7) is 3.68. The minimum Gasteiger partial charge on any atom is -0.549 e. The molecule has 0 heterocycles. The monoisotopic (exact) mass is 528 g/mol. The average Bonchev–Trinajstić information content (AvgIpc) is 2.58. The van der Waals surface area contributed by atoms with E-state index in [0.29, 0.717) is 12.8 Å². The van der Waals surface area contributed by atoms with Gasteiger partial charge in [-0.3, -0.25) is 0 Å². The van der Waals surface area contributed by atoms with Crippen molar-refractivity contribution in [3.63, 3.8) is 0 Å².